The van der Waals surface area contributed by atoms with Crippen molar-refractivity contribution in [3.05, 3.63) is 60.2 Å². The van der Waals surface area contributed by atoms with E-state index in [1.807, 2.05) is 30.3 Å². The molecular weight excluding hydrogens is 558 g/mol. The molecule has 0 aliphatic carbocycles. The molecule has 5 rings (SSSR count). The monoisotopic (exact) mass is 591 g/mol. The van der Waals surface area contributed by atoms with Crippen molar-refractivity contribution >= 4 is 46.9 Å². The molecule has 0 saturated carbocycles. The maximum absolute atomic E-state index is 13.4. The van der Waals surface area contributed by atoms with E-state index in [0.717, 1.165) is 28.6 Å². The summed E-state index contributed by atoms with van der Waals surface area (Å²) in [6.45, 7) is 0.453. The van der Waals surface area contributed by atoms with Gasteiger partial charge in [-0.2, -0.15) is 0 Å². The van der Waals surface area contributed by atoms with Crippen molar-refractivity contribution < 1.29 is 33.4 Å². The summed E-state index contributed by atoms with van der Waals surface area (Å²) in [5.74, 6) is -0.870. The number of carbonyl (C=O) groups excluding carboxylic acids is 5. The van der Waals surface area contributed by atoms with Gasteiger partial charge in [-0.25, -0.2) is 19.4 Å². The third-order valence-electron chi connectivity index (χ3n) is 7.59. The van der Waals surface area contributed by atoms with Gasteiger partial charge in [-0.1, -0.05) is 42.5 Å². The summed E-state index contributed by atoms with van der Waals surface area (Å²) < 4.78 is 9.95. The zero-order valence-corrected chi connectivity index (χ0v) is 23.6. The van der Waals surface area contributed by atoms with Gasteiger partial charge in [-0.15, -0.1) is 0 Å². The first-order valence-electron chi connectivity index (χ1n) is 13.9. The minimum absolute atomic E-state index is 0.0298. The standard InChI is InChI=1S/C29H33N7O7/c1-42-24(38)22(33-28(41)43-18-19-7-3-2-4-8-19)17-36-25(39)29(34-27(36)40)12-15-35(16-13-29)23(37)11-14-30-26-31-20-9-5-6-10-21(20)32-26/h2-10,22H,11-18H2,1H3,(H,33,41)(H,34,40)(H2,30,31,32)/t22-/m0/s1. The molecule has 2 aliphatic heterocycles. The van der Waals surface area contributed by atoms with Crippen LogP contribution in [0.4, 0.5) is 15.5 Å². The molecule has 5 amide bonds. The summed E-state index contributed by atoms with van der Waals surface area (Å²) in [6.07, 6.45) is -0.246. The molecule has 0 unspecified atom stereocenters. The second kappa shape index (κ2) is 12.8. The Morgan fingerprint density at radius 1 is 1.05 bits per heavy atom. The molecule has 0 bridgehead atoms. The van der Waals surface area contributed by atoms with Crippen molar-refractivity contribution in [1.29, 1.82) is 0 Å². The van der Waals surface area contributed by atoms with Crippen LogP contribution >= 0.6 is 0 Å². The Morgan fingerprint density at radius 3 is 2.49 bits per heavy atom. The lowest BCUT2D eigenvalue weighted by Gasteiger charge is -2.37. The summed E-state index contributed by atoms with van der Waals surface area (Å²) in [5.41, 5.74) is 1.27. The number of benzene rings is 2. The summed E-state index contributed by atoms with van der Waals surface area (Å²) in [6, 6.07) is 14.6. The van der Waals surface area contributed by atoms with E-state index in [-0.39, 0.29) is 44.9 Å². The highest BCUT2D eigenvalue weighted by atomic mass is 16.6. The zero-order chi connectivity index (χ0) is 30.4. The summed E-state index contributed by atoms with van der Waals surface area (Å²) >= 11 is 0. The van der Waals surface area contributed by atoms with Gasteiger partial charge in [0.05, 0.1) is 24.7 Å². The minimum atomic E-state index is -1.33. The molecule has 14 heteroatoms. The van der Waals surface area contributed by atoms with Crippen molar-refractivity contribution in [1.82, 2.24) is 30.4 Å². The lowest BCUT2D eigenvalue weighted by Crippen LogP contribution is -2.56. The fourth-order valence-electron chi connectivity index (χ4n) is 5.21. The van der Waals surface area contributed by atoms with Gasteiger partial charge >= 0.3 is 18.1 Å². The number of urea groups is 1. The van der Waals surface area contributed by atoms with E-state index < -0.39 is 42.1 Å². The number of para-hydroxylation sites is 2. The highest BCUT2D eigenvalue weighted by molar-refractivity contribution is 6.07. The second-order valence-corrected chi connectivity index (χ2v) is 10.4. The van der Waals surface area contributed by atoms with Gasteiger partial charge in [0.25, 0.3) is 5.91 Å². The van der Waals surface area contributed by atoms with Crippen LogP contribution in [0.1, 0.15) is 24.8 Å². The Bertz CT molecular complexity index is 1470. The number of hydrogen-bond donors (Lipinski definition) is 4. The molecule has 2 aliphatic rings. The van der Waals surface area contributed by atoms with Crippen molar-refractivity contribution in [3.8, 4) is 0 Å². The number of rotatable bonds is 10. The highest BCUT2D eigenvalue weighted by Gasteiger charge is 2.53. The SMILES string of the molecule is COC(=O)[C@H](CN1C(=O)NC2(CCN(C(=O)CCNc3nc4ccccc4[nH]3)CC2)C1=O)NC(=O)OCc1ccccc1. The van der Waals surface area contributed by atoms with Gasteiger partial charge in [0.1, 0.15) is 18.2 Å². The Balaban J connectivity index is 1.11. The van der Waals surface area contributed by atoms with Crippen LogP contribution < -0.4 is 16.0 Å². The van der Waals surface area contributed by atoms with Crippen molar-refractivity contribution in [2.45, 2.75) is 37.5 Å². The Morgan fingerprint density at radius 2 is 1.77 bits per heavy atom. The number of esters is 1. The molecule has 43 heavy (non-hydrogen) atoms. The fraction of sp³-hybridized carbons (Fsp3) is 0.379. The van der Waals surface area contributed by atoms with Gasteiger partial charge in [-0.05, 0) is 30.5 Å². The van der Waals surface area contributed by atoms with Crippen molar-refractivity contribution in [3.63, 3.8) is 0 Å². The van der Waals surface area contributed by atoms with Crippen LogP contribution in [-0.2, 0) is 30.5 Å². The molecule has 1 spiro atoms. The number of nitrogens with zero attached hydrogens (tertiary/aromatic N) is 3. The molecule has 2 aromatic carbocycles. The van der Waals surface area contributed by atoms with Gasteiger partial charge in [0, 0.05) is 26.1 Å². The number of aromatic amines is 1. The van der Waals surface area contributed by atoms with Crippen molar-refractivity contribution in [2.24, 2.45) is 0 Å². The Hall–Kier alpha value is -5.14. The predicted molar refractivity (Wildman–Crippen MR) is 154 cm³/mol. The number of amides is 5. The minimum Gasteiger partial charge on any atom is -0.467 e. The summed E-state index contributed by atoms with van der Waals surface area (Å²) in [5, 5.41) is 8.25. The number of likely N-dealkylation sites (tertiary alicyclic amines) is 1. The first-order valence-corrected chi connectivity index (χ1v) is 13.9. The molecule has 1 aromatic heterocycles. The number of imidazole rings is 1. The number of carbonyl (C=O) groups is 5. The van der Waals surface area contributed by atoms with Crippen LogP contribution in [0.25, 0.3) is 11.0 Å². The normalized spacial score (nSPS) is 16.6. The van der Waals surface area contributed by atoms with E-state index >= 15 is 0 Å². The topological polar surface area (TPSA) is 175 Å². The lowest BCUT2D eigenvalue weighted by molar-refractivity contribution is -0.144. The predicted octanol–water partition coefficient (Wildman–Crippen LogP) is 1.75. The van der Waals surface area contributed by atoms with Crippen LogP contribution in [0.15, 0.2) is 54.6 Å². The number of imide groups is 1. The van der Waals surface area contributed by atoms with Crippen LogP contribution in [-0.4, -0.2) is 94.5 Å². The van der Waals surface area contributed by atoms with E-state index in [1.54, 1.807) is 29.2 Å². The summed E-state index contributed by atoms with van der Waals surface area (Å²) in [4.78, 5) is 74.1. The van der Waals surface area contributed by atoms with Crippen molar-refractivity contribution in [2.75, 3.05) is 38.6 Å². The van der Waals surface area contributed by atoms with Crippen LogP contribution in [0.5, 0.6) is 0 Å². The average molecular weight is 592 g/mol. The smallest absolute Gasteiger partial charge is 0.408 e. The molecule has 2 fully saturated rings. The highest BCUT2D eigenvalue weighted by Crippen LogP contribution is 2.30. The number of anilines is 1. The molecule has 1 atom stereocenters. The molecule has 3 aromatic rings. The fourth-order valence-corrected chi connectivity index (χ4v) is 5.21. The molecule has 4 N–H and O–H groups in total. The number of aromatic nitrogens is 2. The number of hydrogen-bond acceptors (Lipinski definition) is 9. The third kappa shape index (κ3) is 6.68. The number of alkyl carbamates (subject to hydrolysis) is 1. The van der Waals surface area contributed by atoms with E-state index in [0.29, 0.717) is 12.5 Å². The lowest BCUT2D eigenvalue weighted by atomic mass is 9.87. The first kappa shape index (κ1) is 29.4. The number of H-pyrrole nitrogens is 1. The molecular formula is C29H33N7O7. The number of ether oxygens (including phenoxy) is 2. The number of piperidine rings is 1. The maximum Gasteiger partial charge on any atom is 0.408 e. The first-order chi connectivity index (χ1) is 20.8. The Labute approximate surface area is 247 Å². The third-order valence-corrected chi connectivity index (χ3v) is 7.59. The van der Waals surface area contributed by atoms with Gasteiger partial charge in [-0.3, -0.25) is 14.5 Å². The maximum atomic E-state index is 13.4. The van der Waals surface area contributed by atoms with Crippen LogP contribution in [0.2, 0.25) is 0 Å². The van der Waals surface area contributed by atoms with E-state index in [9.17, 15) is 24.0 Å². The zero-order valence-electron chi connectivity index (χ0n) is 23.6. The number of fused-ring (bicyclic) bond motifs is 1. The van der Waals surface area contributed by atoms with E-state index in [2.05, 4.69) is 25.9 Å². The summed E-state index contributed by atoms with van der Waals surface area (Å²) in [7, 11) is 1.14. The molecule has 226 valence electrons. The molecule has 0 radical (unpaired) electrons. The Kier molecular flexibility index (Phi) is 8.74. The van der Waals surface area contributed by atoms with E-state index in [4.69, 9.17) is 9.47 Å². The van der Waals surface area contributed by atoms with Gasteiger partial charge < -0.3 is 35.3 Å². The van der Waals surface area contributed by atoms with Gasteiger partial charge in [0.15, 0.2) is 0 Å². The second-order valence-electron chi connectivity index (χ2n) is 10.4. The quantitative estimate of drug-likeness (QED) is 0.202. The van der Waals surface area contributed by atoms with Gasteiger partial charge in [0.2, 0.25) is 11.9 Å². The largest absolute Gasteiger partial charge is 0.467 e. The molecule has 2 saturated heterocycles. The molecule has 3 heterocycles. The average Bonchev–Trinajstić information content (AvgIpc) is 3.53. The molecule has 14 nitrogen and oxygen atoms in total. The van der Waals surface area contributed by atoms with E-state index in [1.165, 1.54) is 0 Å². The van der Waals surface area contributed by atoms with Crippen LogP contribution in [0, 0.1) is 0 Å². The number of nitrogens with one attached hydrogen (secondary N) is 4. The van der Waals surface area contributed by atoms with Crippen LogP contribution in [0.3, 0.4) is 0 Å². The number of methoxy groups -OCH3 is 1.